The number of nitrogens with zero attached hydrogens (tertiary/aromatic N) is 1. The summed E-state index contributed by atoms with van der Waals surface area (Å²) in [7, 11) is 7.60. The molecule has 4 heteroatoms. The van der Waals surface area contributed by atoms with Gasteiger partial charge >= 0.3 is 0 Å². The molecule has 4 nitrogen and oxygen atoms in total. The number of methoxy groups -OCH3 is 2. The third-order valence-electron chi connectivity index (χ3n) is 10.4. The molecule has 0 fully saturated rings. The van der Waals surface area contributed by atoms with Gasteiger partial charge < -0.3 is 19.1 Å². The fraction of sp³-hybridized carbons (Fsp3) is 0.268. The van der Waals surface area contributed by atoms with Crippen LogP contribution >= 0.6 is 0 Å². The number of ether oxygens (including phenoxy) is 3. The molecule has 226 valence electrons. The molecule has 8 rings (SSSR count). The van der Waals surface area contributed by atoms with Crippen molar-refractivity contribution < 1.29 is 14.2 Å². The molecule has 1 unspecified atom stereocenters. The molecule has 0 bridgehead atoms. The maximum Gasteiger partial charge on any atom is 0.178 e. The van der Waals surface area contributed by atoms with Crippen LogP contribution in [0.2, 0.25) is 0 Å². The molecule has 1 atom stereocenters. The first kappa shape index (κ1) is 27.8. The zero-order chi connectivity index (χ0) is 31.2. The molecule has 0 radical (unpaired) electrons. The van der Waals surface area contributed by atoms with Gasteiger partial charge in [-0.25, -0.2) is 0 Å². The highest BCUT2D eigenvalue weighted by Crippen LogP contribution is 2.58. The highest BCUT2D eigenvalue weighted by Gasteiger charge is 2.43. The maximum atomic E-state index is 7.50. The Morgan fingerprint density at radius 1 is 0.756 bits per heavy atom. The summed E-state index contributed by atoms with van der Waals surface area (Å²) in [5.41, 5.74) is 13.1. The summed E-state index contributed by atoms with van der Waals surface area (Å²) in [5, 5.41) is 2.41. The maximum absolute atomic E-state index is 7.50. The number of rotatable bonds is 5. The van der Waals surface area contributed by atoms with Gasteiger partial charge in [-0.15, -0.1) is 0 Å². The van der Waals surface area contributed by atoms with Crippen LogP contribution in [-0.4, -0.2) is 28.3 Å². The van der Waals surface area contributed by atoms with Crippen LogP contribution < -0.4 is 19.1 Å². The van der Waals surface area contributed by atoms with Gasteiger partial charge in [0.1, 0.15) is 17.2 Å². The monoisotopic (exact) mass is 593 g/mol. The molecular formula is C41H39NO3. The minimum absolute atomic E-state index is 0.196. The molecule has 1 aliphatic heterocycles. The van der Waals surface area contributed by atoms with E-state index in [1.807, 2.05) is 12.1 Å². The molecule has 0 saturated carbocycles. The smallest absolute Gasteiger partial charge is 0.178 e. The first-order chi connectivity index (χ1) is 21.7. The third-order valence-corrected chi connectivity index (χ3v) is 10.4. The Morgan fingerprint density at radius 3 is 2.11 bits per heavy atom. The van der Waals surface area contributed by atoms with Crippen molar-refractivity contribution in [2.24, 2.45) is 0 Å². The lowest BCUT2D eigenvalue weighted by Crippen LogP contribution is -2.35. The normalized spacial score (nSPS) is 18.3. The van der Waals surface area contributed by atoms with E-state index in [4.69, 9.17) is 14.2 Å². The fourth-order valence-electron chi connectivity index (χ4n) is 8.03. The van der Waals surface area contributed by atoms with Gasteiger partial charge in [0.25, 0.3) is 0 Å². The second-order valence-electron chi connectivity index (χ2n) is 13.5. The second-order valence-corrected chi connectivity index (χ2v) is 13.5. The number of anilines is 1. The van der Waals surface area contributed by atoms with E-state index in [-0.39, 0.29) is 5.41 Å². The Hall–Kier alpha value is -4.70. The molecule has 45 heavy (non-hydrogen) atoms. The number of aryl methyl sites for hydroxylation is 2. The van der Waals surface area contributed by atoms with Gasteiger partial charge in [-0.05, 0) is 101 Å². The SMILES string of the molecule is COc1ccc(C2(c3ccc(N(C)C)cc3)C=Cc3c4c5c6c(cc(OC)cc6c3O2)C(C)(C)c2cc(C)cc(c2-5)CC4)cc1. The summed E-state index contributed by atoms with van der Waals surface area (Å²) in [6, 6.07) is 26.2. The molecule has 2 aliphatic carbocycles. The van der Waals surface area contributed by atoms with Crippen molar-refractivity contribution in [1.82, 2.24) is 0 Å². The van der Waals surface area contributed by atoms with Gasteiger partial charge in [0.15, 0.2) is 5.60 Å². The predicted molar refractivity (Wildman–Crippen MR) is 184 cm³/mol. The number of hydrogen-bond acceptors (Lipinski definition) is 4. The first-order valence-corrected chi connectivity index (χ1v) is 15.8. The van der Waals surface area contributed by atoms with Crippen LogP contribution in [0.15, 0.2) is 78.9 Å². The standard InChI is InChI=1S/C41H39NO3/c1-24-20-25-8-17-31-32-18-19-41(27-11-15-29(43-6)16-12-27,26-9-13-28(14-10-26)42(4)5)45-39(32)33-22-30(44-7)23-35-37(33)38(31)36(25)34(21-24)40(35,2)3/h9-16,18-23H,8,17H2,1-7H3. The Morgan fingerprint density at radius 2 is 1.44 bits per heavy atom. The van der Waals surface area contributed by atoms with E-state index in [1.54, 1.807) is 14.2 Å². The van der Waals surface area contributed by atoms with E-state index in [9.17, 15) is 0 Å². The van der Waals surface area contributed by atoms with E-state index in [0.29, 0.717) is 0 Å². The van der Waals surface area contributed by atoms with Crippen LogP contribution in [0.4, 0.5) is 5.69 Å². The lowest BCUT2D eigenvalue weighted by Gasteiger charge is -2.42. The largest absolute Gasteiger partial charge is 0.497 e. The van der Waals surface area contributed by atoms with Gasteiger partial charge in [0.2, 0.25) is 0 Å². The van der Waals surface area contributed by atoms with Gasteiger partial charge in [-0.3, -0.25) is 0 Å². The molecule has 5 aromatic rings. The quantitative estimate of drug-likeness (QED) is 0.204. The molecule has 0 aromatic heterocycles. The molecule has 0 N–H and O–H groups in total. The Labute approximate surface area is 265 Å². The molecule has 3 aliphatic rings. The van der Waals surface area contributed by atoms with Crippen molar-refractivity contribution in [2.75, 3.05) is 33.2 Å². The summed E-state index contributed by atoms with van der Waals surface area (Å²) >= 11 is 0. The lowest BCUT2D eigenvalue weighted by molar-refractivity contribution is 0.163. The van der Waals surface area contributed by atoms with E-state index in [0.717, 1.165) is 52.3 Å². The van der Waals surface area contributed by atoms with Crippen LogP contribution in [0.25, 0.3) is 28.0 Å². The van der Waals surface area contributed by atoms with Crippen LogP contribution in [0.3, 0.4) is 0 Å². The van der Waals surface area contributed by atoms with Gasteiger partial charge in [0, 0.05) is 47.3 Å². The van der Waals surface area contributed by atoms with Crippen LogP contribution in [0.5, 0.6) is 17.2 Å². The average Bonchev–Trinajstić information content (AvgIpc) is 3.06. The molecule has 0 saturated heterocycles. The average molecular weight is 594 g/mol. The summed E-state index contributed by atoms with van der Waals surface area (Å²) < 4.78 is 19.0. The van der Waals surface area contributed by atoms with Crippen molar-refractivity contribution >= 4 is 22.5 Å². The minimum Gasteiger partial charge on any atom is -0.497 e. The Kier molecular flexibility index (Phi) is 5.96. The first-order valence-electron chi connectivity index (χ1n) is 15.8. The highest BCUT2D eigenvalue weighted by atomic mass is 16.5. The van der Waals surface area contributed by atoms with E-state index >= 15 is 0 Å². The molecule has 0 spiro atoms. The van der Waals surface area contributed by atoms with Gasteiger partial charge in [-0.1, -0.05) is 61.9 Å². The van der Waals surface area contributed by atoms with E-state index in [2.05, 4.69) is 113 Å². The topological polar surface area (TPSA) is 30.9 Å². The zero-order valence-corrected chi connectivity index (χ0v) is 27.2. The number of hydrogen-bond donors (Lipinski definition) is 0. The number of benzene rings is 5. The molecule has 0 amide bonds. The van der Waals surface area contributed by atoms with Crippen molar-refractivity contribution in [3.8, 4) is 28.4 Å². The second kappa shape index (κ2) is 9.65. The predicted octanol–water partition coefficient (Wildman–Crippen LogP) is 8.99. The molecule has 1 heterocycles. The number of fused-ring (bicyclic) bond motifs is 3. The minimum atomic E-state index is -0.830. The zero-order valence-electron chi connectivity index (χ0n) is 27.2. The van der Waals surface area contributed by atoms with Gasteiger partial charge in [0.05, 0.1) is 14.2 Å². The van der Waals surface area contributed by atoms with Crippen molar-refractivity contribution in [3.05, 3.63) is 123 Å². The highest BCUT2D eigenvalue weighted by molar-refractivity contribution is 6.11. The summed E-state index contributed by atoms with van der Waals surface area (Å²) in [4.78, 5) is 2.12. The van der Waals surface area contributed by atoms with Crippen LogP contribution in [0.1, 0.15) is 58.4 Å². The Balaban J connectivity index is 1.45. The van der Waals surface area contributed by atoms with E-state index in [1.165, 1.54) is 49.9 Å². The van der Waals surface area contributed by atoms with Crippen LogP contribution in [0, 0.1) is 6.92 Å². The Bertz CT molecular complexity index is 2050. The third kappa shape index (κ3) is 3.84. The summed E-state index contributed by atoms with van der Waals surface area (Å²) in [5.74, 6) is 2.59. The lowest BCUT2D eigenvalue weighted by atomic mass is 9.63. The van der Waals surface area contributed by atoms with Crippen molar-refractivity contribution in [1.29, 1.82) is 0 Å². The van der Waals surface area contributed by atoms with Gasteiger partial charge in [-0.2, -0.15) is 0 Å². The molecular weight excluding hydrogens is 554 g/mol. The summed E-state index contributed by atoms with van der Waals surface area (Å²) in [6.45, 7) is 6.95. The van der Waals surface area contributed by atoms with E-state index < -0.39 is 5.60 Å². The fourth-order valence-corrected chi connectivity index (χ4v) is 8.03. The van der Waals surface area contributed by atoms with Crippen LogP contribution in [-0.2, 0) is 23.9 Å². The molecule has 5 aromatic carbocycles. The van der Waals surface area contributed by atoms with Crippen molar-refractivity contribution in [2.45, 2.75) is 44.6 Å². The summed E-state index contributed by atoms with van der Waals surface area (Å²) in [6.07, 6.45) is 6.60. The van der Waals surface area contributed by atoms with Crippen molar-refractivity contribution in [3.63, 3.8) is 0 Å².